The maximum atomic E-state index is 12.3. The van der Waals surface area contributed by atoms with Crippen molar-refractivity contribution in [3.8, 4) is 0 Å². The number of thioether (sulfide) groups is 1. The molecule has 0 N–H and O–H groups in total. The smallest absolute Gasteiger partial charge is 0.300 e. The van der Waals surface area contributed by atoms with Crippen LogP contribution in [0.15, 0.2) is 23.1 Å². The van der Waals surface area contributed by atoms with E-state index in [4.69, 9.17) is 0 Å². The number of benzene rings is 1. The third kappa shape index (κ3) is 4.81. The molecule has 94 valence electrons. The summed E-state index contributed by atoms with van der Waals surface area (Å²) < 4.78 is 37.0. The molecule has 0 heterocycles. The third-order valence-electron chi connectivity index (χ3n) is 2.20. The highest BCUT2D eigenvalue weighted by molar-refractivity contribution is 8.00. The van der Waals surface area contributed by atoms with Gasteiger partial charge in [-0.25, -0.2) is 0 Å². The molecule has 0 amide bonds. The summed E-state index contributed by atoms with van der Waals surface area (Å²) in [5.41, 5.74) is -2.92. The summed E-state index contributed by atoms with van der Waals surface area (Å²) >= 11 is -0.164. The Labute approximate surface area is 102 Å². The molecule has 0 aliphatic rings. The van der Waals surface area contributed by atoms with Gasteiger partial charge in [-0.2, -0.15) is 13.2 Å². The number of ketones is 1. The van der Waals surface area contributed by atoms with Gasteiger partial charge < -0.3 is 0 Å². The van der Waals surface area contributed by atoms with Crippen LogP contribution in [0.25, 0.3) is 0 Å². The quantitative estimate of drug-likeness (QED) is 0.763. The van der Waals surface area contributed by atoms with Crippen LogP contribution < -0.4 is 0 Å². The van der Waals surface area contributed by atoms with Gasteiger partial charge in [0.15, 0.2) is 0 Å². The minimum Gasteiger partial charge on any atom is -0.300 e. The van der Waals surface area contributed by atoms with Gasteiger partial charge in [-0.1, -0.05) is 19.1 Å². The first-order valence-corrected chi connectivity index (χ1v) is 6.00. The minimum absolute atomic E-state index is 0.0479. The molecule has 1 aromatic carbocycles. The average molecular weight is 262 g/mol. The van der Waals surface area contributed by atoms with E-state index in [1.807, 2.05) is 6.92 Å². The highest BCUT2D eigenvalue weighted by Crippen LogP contribution is 2.39. The van der Waals surface area contributed by atoms with E-state index in [-0.39, 0.29) is 28.9 Å². The maximum Gasteiger partial charge on any atom is 0.446 e. The summed E-state index contributed by atoms with van der Waals surface area (Å²) in [4.78, 5) is 11.2. The molecule has 0 atom stereocenters. The molecule has 0 aromatic heterocycles. The van der Waals surface area contributed by atoms with Crippen LogP contribution in [0.2, 0.25) is 0 Å². The number of carbonyl (C=O) groups excluding carboxylic acids is 1. The van der Waals surface area contributed by atoms with Crippen LogP contribution in [0.4, 0.5) is 13.2 Å². The number of halogens is 3. The van der Waals surface area contributed by atoms with Gasteiger partial charge >= 0.3 is 5.51 Å². The molecule has 0 aliphatic carbocycles. The molecule has 0 saturated heterocycles. The van der Waals surface area contributed by atoms with E-state index in [2.05, 4.69) is 0 Å². The molecule has 0 saturated carbocycles. The van der Waals surface area contributed by atoms with Gasteiger partial charge in [0, 0.05) is 11.3 Å². The molecule has 0 aliphatic heterocycles. The standard InChI is InChI=1S/C12H13F3OS/c1-3-9-4-5-11(17-12(13,14)15)10(7-9)6-8(2)16/h4-5,7H,3,6H2,1-2H3. The average Bonchev–Trinajstić information content (AvgIpc) is 2.17. The molecule has 1 rings (SSSR count). The SMILES string of the molecule is CCc1ccc(SC(F)(F)F)c(CC(C)=O)c1. The molecular formula is C12H13F3OS. The number of carbonyl (C=O) groups is 1. The van der Waals surface area contributed by atoms with Crippen LogP contribution in [0.3, 0.4) is 0 Å². The highest BCUT2D eigenvalue weighted by Gasteiger charge is 2.30. The van der Waals surface area contributed by atoms with Crippen molar-refractivity contribution in [3.63, 3.8) is 0 Å². The van der Waals surface area contributed by atoms with Crippen molar-refractivity contribution in [3.05, 3.63) is 29.3 Å². The van der Waals surface area contributed by atoms with Gasteiger partial charge in [0.1, 0.15) is 5.78 Å². The fourth-order valence-corrected chi connectivity index (χ4v) is 2.13. The lowest BCUT2D eigenvalue weighted by molar-refractivity contribution is -0.116. The first-order valence-electron chi connectivity index (χ1n) is 5.19. The molecular weight excluding hydrogens is 249 g/mol. The van der Waals surface area contributed by atoms with E-state index >= 15 is 0 Å². The maximum absolute atomic E-state index is 12.3. The number of alkyl halides is 3. The van der Waals surface area contributed by atoms with Crippen LogP contribution in [0.1, 0.15) is 25.0 Å². The van der Waals surface area contributed by atoms with Gasteiger partial charge in [-0.15, -0.1) is 0 Å². The van der Waals surface area contributed by atoms with Crippen molar-refractivity contribution in [1.29, 1.82) is 0 Å². The van der Waals surface area contributed by atoms with E-state index < -0.39 is 5.51 Å². The molecule has 1 nitrogen and oxygen atoms in total. The Kier molecular flexibility index (Phi) is 4.62. The zero-order chi connectivity index (χ0) is 13.1. The molecule has 0 radical (unpaired) electrons. The summed E-state index contributed by atoms with van der Waals surface area (Å²) in [5.74, 6) is -0.137. The molecule has 1 aromatic rings. The monoisotopic (exact) mass is 262 g/mol. The van der Waals surface area contributed by atoms with Crippen molar-refractivity contribution in [2.24, 2.45) is 0 Å². The Balaban J connectivity index is 3.06. The topological polar surface area (TPSA) is 17.1 Å². The van der Waals surface area contributed by atoms with Crippen molar-refractivity contribution in [2.45, 2.75) is 37.1 Å². The highest BCUT2D eigenvalue weighted by atomic mass is 32.2. The van der Waals surface area contributed by atoms with Crippen molar-refractivity contribution in [1.82, 2.24) is 0 Å². The van der Waals surface area contributed by atoms with E-state index in [0.29, 0.717) is 5.56 Å². The lowest BCUT2D eigenvalue weighted by Gasteiger charge is -2.11. The number of hydrogen-bond acceptors (Lipinski definition) is 2. The summed E-state index contributed by atoms with van der Waals surface area (Å²) in [5, 5.41) is 0. The lowest BCUT2D eigenvalue weighted by atomic mass is 10.0. The lowest BCUT2D eigenvalue weighted by Crippen LogP contribution is -2.04. The molecule has 0 fully saturated rings. The number of Topliss-reactive ketones (excluding diaryl/α,β-unsaturated/α-hetero) is 1. The predicted molar refractivity (Wildman–Crippen MR) is 62.1 cm³/mol. The zero-order valence-corrected chi connectivity index (χ0v) is 10.4. The van der Waals surface area contributed by atoms with Gasteiger partial charge in [0.2, 0.25) is 0 Å². The molecule has 0 spiro atoms. The summed E-state index contributed by atoms with van der Waals surface area (Å²) in [6.07, 6.45) is 0.786. The third-order valence-corrected chi connectivity index (χ3v) is 3.05. The normalized spacial score (nSPS) is 11.6. The Hall–Kier alpha value is -0.970. The van der Waals surface area contributed by atoms with Gasteiger partial charge in [0.05, 0.1) is 0 Å². The largest absolute Gasteiger partial charge is 0.446 e. The minimum atomic E-state index is -4.32. The molecule has 0 unspecified atom stereocenters. The number of rotatable bonds is 4. The van der Waals surface area contributed by atoms with Crippen LogP contribution in [-0.4, -0.2) is 11.3 Å². The van der Waals surface area contributed by atoms with E-state index in [1.165, 1.54) is 13.0 Å². The molecule has 17 heavy (non-hydrogen) atoms. The van der Waals surface area contributed by atoms with Crippen LogP contribution in [0, 0.1) is 0 Å². The van der Waals surface area contributed by atoms with Crippen molar-refractivity contribution >= 4 is 17.5 Å². The fourth-order valence-electron chi connectivity index (χ4n) is 1.48. The van der Waals surface area contributed by atoms with Gasteiger partial charge in [-0.05, 0) is 42.3 Å². The summed E-state index contributed by atoms with van der Waals surface area (Å²) in [6.45, 7) is 3.30. The first-order chi connectivity index (χ1) is 7.81. The van der Waals surface area contributed by atoms with Gasteiger partial charge in [-0.3, -0.25) is 4.79 Å². The van der Waals surface area contributed by atoms with Crippen LogP contribution >= 0.6 is 11.8 Å². The Bertz CT molecular complexity index is 413. The van der Waals surface area contributed by atoms with Crippen LogP contribution in [0.5, 0.6) is 0 Å². The van der Waals surface area contributed by atoms with Crippen LogP contribution in [-0.2, 0) is 17.6 Å². The first kappa shape index (κ1) is 14.1. The van der Waals surface area contributed by atoms with E-state index in [9.17, 15) is 18.0 Å². The second-order valence-corrected chi connectivity index (χ2v) is 4.83. The van der Waals surface area contributed by atoms with E-state index in [1.54, 1.807) is 12.1 Å². The predicted octanol–water partition coefficient (Wildman–Crippen LogP) is 3.99. The van der Waals surface area contributed by atoms with Gasteiger partial charge in [0.25, 0.3) is 0 Å². The Morgan fingerprint density at radius 3 is 2.47 bits per heavy atom. The van der Waals surface area contributed by atoms with E-state index in [0.717, 1.165) is 12.0 Å². The van der Waals surface area contributed by atoms with Crippen molar-refractivity contribution in [2.75, 3.05) is 0 Å². The fraction of sp³-hybridized carbons (Fsp3) is 0.417. The molecule has 0 bridgehead atoms. The summed E-state index contributed by atoms with van der Waals surface area (Å²) in [7, 11) is 0. The second kappa shape index (κ2) is 5.58. The number of hydrogen-bond donors (Lipinski definition) is 0. The zero-order valence-electron chi connectivity index (χ0n) is 9.60. The second-order valence-electron chi connectivity index (χ2n) is 3.72. The van der Waals surface area contributed by atoms with Crippen molar-refractivity contribution < 1.29 is 18.0 Å². The molecule has 5 heteroatoms. The summed E-state index contributed by atoms with van der Waals surface area (Å²) in [6, 6.07) is 4.78. The Morgan fingerprint density at radius 1 is 1.35 bits per heavy atom. The Morgan fingerprint density at radius 2 is 2.00 bits per heavy atom. The number of aryl methyl sites for hydroxylation is 1.